The van der Waals surface area contributed by atoms with Gasteiger partial charge in [0.05, 0.1) is 22.2 Å². The second-order valence-corrected chi connectivity index (χ2v) is 8.57. The predicted octanol–water partition coefficient (Wildman–Crippen LogP) is 6.10. The maximum absolute atomic E-state index is 13.3. The number of hydrogen-bond donors (Lipinski definition) is 1. The second-order valence-electron chi connectivity index (χ2n) is 7.75. The van der Waals surface area contributed by atoms with Gasteiger partial charge in [-0.15, -0.1) is 0 Å². The highest BCUT2D eigenvalue weighted by molar-refractivity contribution is 6.42. The fraction of sp³-hybridized carbons (Fsp3) is 0.348. The first-order valence-corrected chi connectivity index (χ1v) is 11.5. The van der Waals surface area contributed by atoms with Crippen LogP contribution in [-0.2, 0) is 19.3 Å². The third-order valence-corrected chi connectivity index (χ3v) is 5.89. The zero-order valence-electron chi connectivity index (χ0n) is 18.3. The fourth-order valence-electron chi connectivity index (χ4n) is 3.38. The number of nitrogens with zero attached hydrogens (tertiary/aromatic N) is 3. The molecule has 0 saturated heterocycles. The highest BCUT2D eigenvalue weighted by atomic mass is 35.5. The summed E-state index contributed by atoms with van der Waals surface area (Å²) >= 11 is 12.1. The summed E-state index contributed by atoms with van der Waals surface area (Å²) in [6.07, 6.45) is -1.12. The van der Waals surface area contributed by atoms with E-state index >= 15 is 0 Å². The molecule has 6 nitrogen and oxygen atoms in total. The molecule has 182 valence electrons. The van der Waals surface area contributed by atoms with Crippen LogP contribution in [0, 0.1) is 0 Å². The first kappa shape index (κ1) is 25.8. The Morgan fingerprint density at radius 3 is 2.41 bits per heavy atom. The Balaban J connectivity index is 2.04. The van der Waals surface area contributed by atoms with E-state index in [4.69, 9.17) is 23.2 Å². The van der Waals surface area contributed by atoms with Crippen LogP contribution in [-0.4, -0.2) is 14.1 Å². The lowest BCUT2D eigenvalue weighted by Crippen LogP contribution is -2.42. The van der Waals surface area contributed by atoms with Gasteiger partial charge in [0.2, 0.25) is 5.95 Å². The number of aromatic nitrogens is 3. The van der Waals surface area contributed by atoms with Crippen molar-refractivity contribution in [2.24, 2.45) is 0 Å². The average Bonchev–Trinajstić information content (AvgIpc) is 2.78. The molecule has 0 radical (unpaired) electrons. The number of unbranched alkanes of at least 4 members (excludes halogenated alkanes) is 3. The van der Waals surface area contributed by atoms with Crippen LogP contribution in [0.2, 0.25) is 10.0 Å². The molecular weight excluding hydrogens is 492 g/mol. The van der Waals surface area contributed by atoms with Crippen molar-refractivity contribution in [3.8, 4) is 0 Å². The molecule has 1 N–H and O–H groups in total. The maximum Gasteiger partial charge on any atom is 0.416 e. The molecule has 3 rings (SSSR count). The Bertz CT molecular complexity index is 1270. The number of alkyl halides is 3. The number of anilines is 2. The van der Waals surface area contributed by atoms with Crippen LogP contribution < -0.4 is 16.7 Å². The Labute approximate surface area is 204 Å². The van der Waals surface area contributed by atoms with Crippen molar-refractivity contribution in [3.63, 3.8) is 0 Å². The number of benzene rings is 2. The fourth-order valence-corrected chi connectivity index (χ4v) is 3.70. The summed E-state index contributed by atoms with van der Waals surface area (Å²) in [7, 11) is 0. The lowest BCUT2D eigenvalue weighted by Gasteiger charge is -2.16. The van der Waals surface area contributed by atoms with Crippen molar-refractivity contribution in [2.75, 3.05) is 5.32 Å². The molecule has 0 fully saturated rings. The zero-order valence-corrected chi connectivity index (χ0v) is 19.8. The predicted molar refractivity (Wildman–Crippen MR) is 127 cm³/mol. The summed E-state index contributed by atoms with van der Waals surface area (Å²) in [5.41, 5.74) is -1.65. The van der Waals surface area contributed by atoms with E-state index in [1.54, 1.807) is 18.2 Å². The van der Waals surface area contributed by atoms with Crippen molar-refractivity contribution < 1.29 is 13.2 Å². The summed E-state index contributed by atoms with van der Waals surface area (Å²) < 4.78 is 41.6. The normalized spacial score (nSPS) is 11.6. The summed E-state index contributed by atoms with van der Waals surface area (Å²) in [5.74, 6) is -0.176. The molecule has 0 aliphatic carbocycles. The number of halogens is 5. The van der Waals surface area contributed by atoms with Gasteiger partial charge in [-0.3, -0.25) is 4.57 Å². The van der Waals surface area contributed by atoms with Gasteiger partial charge in [-0.1, -0.05) is 61.5 Å². The van der Waals surface area contributed by atoms with Crippen molar-refractivity contribution in [3.05, 3.63) is 84.6 Å². The summed E-state index contributed by atoms with van der Waals surface area (Å²) in [6.45, 7) is 2.21. The van der Waals surface area contributed by atoms with Gasteiger partial charge in [0.25, 0.3) is 0 Å². The van der Waals surface area contributed by atoms with Gasteiger partial charge in [0, 0.05) is 12.2 Å². The van der Waals surface area contributed by atoms with E-state index in [1.807, 2.05) is 6.92 Å². The van der Waals surface area contributed by atoms with Gasteiger partial charge in [-0.25, -0.2) is 14.2 Å². The van der Waals surface area contributed by atoms with Crippen molar-refractivity contribution in [2.45, 2.75) is 51.9 Å². The maximum atomic E-state index is 13.3. The van der Waals surface area contributed by atoms with Gasteiger partial charge < -0.3 is 5.32 Å². The second kappa shape index (κ2) is 11.1. The van der Waals surface area contributed by atoms with E-state index in [-0.39, 0.29) is 29.7 Å². The van der Waals surface area contributed by atoms with Crippen molar-refractivity contribution >= 4 is 34.8 Å². The van der Waals surface area contributed by atoms with Gasteiger partial charge in [0.1, 0.15) is 0 Å². The first-order chi connectivity index (χ1) is 16.1. The molecule has 0 spiro atoms. The summed E-state index contributed by atoms with van der Waals surface area (Å²) in [6, 6.07) is 9.22. The van der Waals surface area contributed by atoms with Gasteiger partial charge >= 0.3 is 17.6 Å². The molecule has 0 amide bonds. The molecule has 0 atom stereocenters. The first-order valence-electron chi connectivity index (χ1n) is 10.7. The quantitative estimate of drug-likeness (QED) is 0.350. The smallest absolute Gasteiger partial charge is 0.325 e. The SMILES string of the molecule is CCCCCCn1c(=O)nc(Nc2cccc(C(F)(F)F)c2)n(Cc2ccc(Cl)c(Cl)c2)c1=O. The Kier molecular flexibility index (Phi) is 8.43. The minimum atomic E-state index is -4.55. The lowest BCUT2D eigenvalue weighted by atomic mass is 10.2. The van der Waals surface area contributed by atoms with Crippen LogP contribution in [0.25, 0.3) is 0 Å². The Morgan fingerprint density at radius 1 is 0.971 bits per heavy atom. The molecule has 0 aliphatic rings. The molecule has 1 aromatic heterocycles. The van der Waals surface area contributed by atoms with Crippen molar-refractivity contribution in [1.82, 2.24) is 14.1 Å². The molecule has 2 aromatic carbocycles. The third-order valence-electron chi connectivity index (χ3n) is 5.16. The van der Waals surface area contributed by atoms with Crippen LogP contribution >= 0.6 is 23.2 Å². The van der Waals surface area contributed by atoms with Gasteiger partial charge in [-0.05, 0) is 42.3 Å². The Morgan fingerprint density at radius 2 is 1.74 bits per heavy atom. The van der Waals surface area contributed by atoms with E-state index < -0.39 is 23.1 Å². The van der Waals surface area contributed by atoms with E-state index in [0.717, 1.165) is 36.0 Å². The monoisotopic (exact) mass is 514 g/mol. The largest absolute Gasteiger partial charge is 0.416 e. The van der Waals surface area contributed by atoms with Crippen LogP contribution in [0.3, 0.4) is 0 Å². The van der Waals surface area contributed by atoms with Crippen LogP contribution in [0.4, 0.5) is 24.8 Å². The molecular formula is C23H23Cl2F3N4O2. The topological polar surface area (TPSA) is 68.9 Å². The minimum absolute atomic E-state index is 0.0285. The molecule has 1 heterocycles. The average molecular weight is 515 g/mol. The third kappa shape index (κ3) is 6.42. The molecule has 11 heteroatoms. The highest BCUT2D eigenvalue weighted by Gasteiger charge is 2.30. The zero-order chi connectivity index (χ0) is 24.9. The number of nitrogens with one attached hydrogen (secondary N) is 1. The highest BCUT2D eigenvalue weighted by Crippen LogP contribution is 2.31. The lowest BCUT2D eigenvalue weighted by molar-refractivity contribution is -0.137. The molecule has 0 saturated carbocycles. The standard InChI is InChI=1S/C23H23Cl2F3N4O2/c1-2-3-4-5-11-31-21(33)30-20(29-17-8-6-7-16(13-17)23(26,27)28)32(22(31)34)14-15-9-10-18(24)19(25)12-15/h6-10,12-13H,2-5,11,14H2,1H3,(H,29,30,33). The Hall–Kier alpha value is -2.78. The van der Waals surface area contributed by atoms with E-state index in [2.05, 4.69) is 10.3 Å². The molecule has 34 heavy (non-hydrogen) atoms. The molecule has 3 aromatic rings. The summed E-state index contributed by atoms with van der Waals surface area (Å²) in [4.78, 5) is 29.9. The molecule has 0 unspecified atom stereocenters. The number of rotatable bonds is 9. The van der Waals surface area contributed by atoms with E-state index in [0.29, 0.717) is 17.0 Å². The molecule has 0 aliphatic heterocycles. The van der Waals surface area contributed by atoms with E-state index in [1.165, 1.54) is 16.7 Å². The minimum Gasteiger partial charge on any atom is -0.325 e. The van der Waals surface area contributed by atoms with Gasteiger partial charge in [-0.2, -0.15) is 18.2 Å². The summed E-state index contributed by atoms with van der Waals surface area (Å²) in [5, 5.41) is 3.31. The van der Waals surface area contributed by atoms with E-state index in [9.17, 15) is 22.8 Å². The van der Waals surface area contributed by atoms with Crippen LogP contribution in [0.15, 0.2) is 52.1 Å². The van der Waals surface area contributed by atoms with Crippen LogP contribution in [0.5, 0.6) is 0 Å². The van der Waals surface area contributed by atoms with Gasteiger partial charge in [0.15, 0.2) is 0 Å². The number of hydrogen-bond acceptors (Lipinski definition) is 4. The van der Waals surface area contributed by atoms with Crippen molar-refractivity contribution in [1.29, 1.82) is 0 Å². The van der Waals surface area contributed by atoms with Crippen LogP contribution in [0.1, 0.15) is 43.7 Å². The molecule has 0 bridgehead atoms.